The third-order valence-electron chi connectivity index (χ3n) is 4.93. The number of amides is 2. The van der Waals surface area contributed by atoms with Gasteiger partial charge in [-0.2, -0.15) is 18.3 Å². The van der Waals surface area contributed by atoms with Crippen molar-refractivity contribution in [2.75, 3.05) is 25.0 Å². The zero-order valence-electron chi connectivity index (χ0n) is 15.8. The van der Waals surface area contributed by atoms with Crippen molar-refractivity contribution >= 4 is 11.8 Å². The van der Waals surface area contributed by atoms with Crippen molar-refractivity contribution in [3.8, 4) is 0 Å². The maximum Gasteiger partial charge on any atom is 0.419 e. The van der Waals surface area contributed by atoms with Crippen molar-refractivity contribution < 1.29 is 22.4 Å². The van der Waals surface area contributed by atoms with E-state index in [9.17, 15) is 22.4 Å². The minimum Gasteiger partial charge on any atom is -0.353 e. The molecular weight excluding hydrogens is 390 g/mol. The lowest BCUT2D eigenvalue weighted by Crippen LogP contribution is -2.51. The molecule has 2 aromatic rings. The number of hydrogen-bond acceptors (Lipinski definition) is 4. The van der Waals surface area contributed by atoms with Gasteiger partial charge in [0.1, 0.15) is 5.82 Å². The van der Waals surface area contributed by atoms with E-state index < -0.39 is 23.6 Å². The number of carbonyl (C=O) groups is 1. The van der Waals surface area contributed by atoms with E-state index in [1.807, 2.05) is 11.0 Å². The molecule has 156 valence electrons. The largest absolute Gasteiger partial charge is 0.419 e. The quantitative estimate of drug-likeness (QED) is 0.783. The summed E-state index contributed by atoms with van der Waals surface area (Å²) in [6, 6.07) is 5.85. The second-order valence-corrected chi connectivity index (χ2v) is 6.91. The summed E-state index contributed by atoms with van der Waals surface area (Å²) in [7, 11) is 1.64. The lowest BCUT2D eigenvalue weighted by atomic mass is 10.0. The van der Waals surface area contributed by atoms with Crippen molar-refractivity contribution in [3.63, 3.8) is 0 Å². The number of anilines is 1. The Kier molecular flexibility index (Phi) is 6.19. The number of likely N-dealkylation sites (N-methyl/N-ethyl adjacent to an activating group) is 1. The normalized spacial score (nSPS) is 17.1. The van der Waals surface area contributed by atoms with Crippen LogP contribution >= 0.6 is 0 Å². The molecule has 1 atom stereocenters. The number of urea groups is 1. The Bertz CT molecular complexity index is 846. The molecule has 0 radical (unpaired) electrons. The van der Waals surface area contributed by atoms with Gasteiger partial charge in [-0.25, -0.2) is 9.18 Å². The van der Waals surface area contributed by atoms with Crippen molar-refractivity contribution in [1.29, 1.82) is 0 Å². The van der Waals surface area contributed by atoms with Gasteiger partial charge in [0.15, 0.2) is 5.82 Å². The standard InChI is InChI=1S/C19H21F4N5O/c1-27(14-4-3-9-28(12-14)17-5-2-8-25-26-17)18(29)24-11-13-6-7-16(20)15(10-13)19(21,22)23/h2,5-8,10,14H,3-4,9,11-12H2,1H3,(H,24,29)/t14-/m1/s1. The van der Waals surface area contributed by atoms with E-state index >= 15 is 0 Å². The number of alkyl halides is 3. The van der Waals surface area contributed by atoms with Gasteiger partial charge in [0.25, 0.3) is 0 Å². The molecule has 2 amide bonds. The van der Waals surface area contributed by atoms with E-state index in [4.69, 9.17) is 0 Å². The summed E-state index contributed by atoms with van der Waals surface area (Å²) >= 11 is 0. The smallest absolute Gasteiger partial charge is 0.353 e. The van der Waals surface area contributed by atoms with Gasteiger partial charge in [-0.15, -0.1) is 5.10 Å². The molecule has 0 bridgehead atoms. The van der Waals surface area contributed by atoms with Crippen LogP contribution in [-0.2, 0) is 12.7 Å². The molecule has 0 spiro atoms. The molecule has 3 rings (SSSR count). The fourth-order valence-electron chi connectivity index (χ4n) is 3.31. The van der Waals surface area contributed by atoms with Crippen LogP contribution in [0.3, 0.4) is 0 Å². The molecule has 1 aromatic carbocycles. The van der Waals surface area contributed by atoms with Gasteiger partial charge < -0.3 is 15.1 Å². The molecular formula is C19H21F4N5O. The zero-order chi connectivity index (χ0) is 21.0. The number of piperidine rings is 1. The Balaban J connectivity index is 1.59. The maximum atomic E-state index is 13.4. The first-order chi connectivity index (χ1) is 13.8. The van der Waals surface area contributed by atoms with Crippen LogP contribution in [0, 0.1) is 5.82 Å². The van der Waals surface area contributed by atoms with Gasteiger partial charge in [-0.1, -0.05) is 6.07 Å². The van der Waals surface area contributed by atoms with Gasteiger partial charge in [0.05, 0.1) is 11.6 Å². The molecule has 0 unspecified atom stereocenters. The van der Waals surface area contributed by atoms with Crippen LogP contribution in [0.5, 0.6) is 0 Å². The van der Waals surface area contributed by atoms with Crippen LogP contribution in [0.25, 0.3) is 0 Å². The van der Waals surface area contributed by atoms with Crippen LogP contribution in [0.1, 0.15) is 24.0 Å². The molecule has 1 fully saturated rings. The lowest BCUT2D eigenvalue weighted by Gasteiger charge is -2.37. The second-order valence-electron chi connectivity index (χ2n) is 6.91. The van der Waals surface area contributed by atoms with Gasteiger partial charge in [0, 0.05) is 32.9 Å². The van der Waals surface area contributed by atoms with Crippen molar-refractivity contribution in [2.45, 2.75) is 31.6 Å². The number of nitrogens with zero attached hydrogens (tertiary/aromatic N) is 4. The second kappa shape index (κ2) is 8.62. The van der Waals surface area contributed by atoms with Crippen LogP contribution in [0.4, 0.5) is 28.2 Å². The highest BCUT2D eigenvalue weighted by atomic mass is 19.4. The Labute approximate surface area is 165 Å². The first kappa shape index (κ1) is 20.8. The lowest BCUT2D eigenvalue weighted by molar-refractivity contribution is -0.140. The SMILES string of the molecule is CN(C(=O)NCc1ccc(F)c(C(F)(F)F)c1)[C@@H]1CCCN(c2cccnn2)C1. The first-order valence-electron chi connectivity index (χ1n) is 9.14. The van der Waals surface area contributed by atoms with Crippen LogP contribution in [0.15, 0.2) is 36.5 Å². The molecule has 10 heteroatoms. The van der Waals surface area contributed by atoms with E-state index in [0.29, 0.717) is 12.6 Å². The number of benzene rings is 1. The maximum absolute atomic E-state index is 13.4. The van der Waals surface area contributed by atoms with Gasteiger partial charge in [-0.05, 0) is 42.7 Å². The molecule has 0 saturated carbocycles. The molecule has 1 aliphatic heterocycles. The number of rotatable bonds is 4. The van der Waals surface area contributed by atoms with Crippen LogP contribution in [-0.4, -0.2) is 47.3 Å². The van der Waals surface area contributed by atoms with Crippen LogP contribution < -0.4 is 10.2 Å². The van der Waals surface area contributed by atoms with Crippen molar-refractivity contribution in [2.24, 2.45) is 0 Å². The Morgan fingerprint density at radius 3 is 2.83 bits per heavy atom. The average molecular weight is 411 g/mol. The summed E-state index contributed by atoms with van der Waals surface area (Å²) in [4.78, 5) is 16.1. The number of halogens is 4. The number of nitrogens with one attached hydrogen (secondary N) is 1. The molecule has 1 N–H and O–H groups in total. The summed E-state index contributed by atoms with van der Waals surface area (Å²) in [5, 5.41) is 10.6. The monoisotopic (exact) mass is 411 g/mol. The molecule has 1 saturated heterocycles. The minimum atomic E-state index is -4.78. The number of hydrogen-bond donors (Lipinski definition) is 1. The first-order valence-corrected chi connectivity index (χ1v) is 9.14. The summed E-state index contributed by atoms with van der Waals surface area (Å²) in [6.07, 6.45) is -1.53. The fraction of sp³-hybridized carbons (Fsp3) is 0.421. The Morgan fingerprint density at radius 2 is 2.14 bits per heavy atom. The third kappa shape index (κ3) is 5.12. The van der Waals surface area contributed by atoms with Crippen molar-refractivity contribution in [3.05, 3.63) is 53.5 Å². The summed E-state index contributed by atoms with van der Waals surface area (Å²) in [6.45, 7) is 1.25. The van der Waals surface area contributed by atoms with Crippen molar-refractivity contribution in [1.82, 2.24) is 20.4 Å². The third-order valence-corrected chi connectivity index (χ3v) is 4.93. The highest BCUT2D eigenvalue weighted by Gasteiger charge is 2.34. The van der Waals surface area contributed by atoms with E-state index in [-0.39, 0.29) is 18.2 Å². The number of carbonyl (C=O) groups excluding carboxylic acids is 1. The van der Waals surface area contributed by atoms with E-state index in [1.165, 1.54) is 11.0 Å². The summed E-state index contributed by atoms with van der Waals surface area (Å²) in [5.41, 5.74) is -1.17. The minimum absolute atomic E-state index is 0.0790. The highest BCUT2D eigenvalue weighted by molar-refractivity contribution is 5.74. The Hall–Kier alpha value is -2.91. The predicted octanol–water partition coefficient (Wildman–Crippen LogP) is 3.44. The average Bonchev–Trinajstić information content (AvgIpc) is 2.72. The molecule has 1 aromatic heterocycles. The highest BCUT2D eigenvalue weighted by Crippen LogP contribution is 2.31. The van der Waals surface area contributed by atoms with Crippen LogP contribution in [0.2, 0.25) is 0 Å². The number of aromatic nitrogens is 2. The molecule has 2 heterocycles. The summed E-state index contributed by atoms with van der Waals surface area (Å²) in [5.74, 6) is -0.604. The predicted molar refractivity (Wildman–Crippen MR) is 98.7 cm³/mol. The Morgan fingerprint density at radius 1 is 1.34 bits per heavy atom. The van der Waals surface area contributed by atoms with E-state index in [2.05, 4.69) is 15.5 Å². The molecule has 1 aliphatic rings. The zero-order valence-corrected chi connectivity index (χ0v) is 15.8. The molecule has 6 nitrogen and oxygen atoms in total. The van der Waals surface area contributed by atoms with E-state index in [0.717, 1.165) is 31.3 Å². The molecule has 29 heavy (non-hydrogen) atoms. The topological polar surface area (TPSA) is 61.4 Å². The fourth-order valence-corrected chi connectivity index (χ4v) is 3.31. The van der Waals surface area contributed by atoms with Gasteiger partial charge >= 0.3 is 12.2 Å². The van der Waals surface area contributed by atoms with E-state index in [1.54, 1.807) is 19.3 Å². The van der Waals surface area contributed by atoms with Gasteiger partial charge in [0.2, 0.25) is 0 Å². The van der Waals surface area contributed by atoms with Gasteiger partial charge in [-0.3, -0.25) is 0 Å². The molecule has 0 aliphatic carbocycles. The summed E-state index contributed by atoms with van der Waals surface area (Å²) < 4.78 is 51.9.